The largest absolute Gasteiger partial charge is 0.493 e. The molecule has 5 nitrogen and oxygen atoms in total. The minimum Gasteiger partial charge on any atom is -0.493 e. The molecule has 0 saturated heterocycles. The monoisotopic (exact) mass is 367 g/mol. The van der Waals surface area contributed by atoms with Gasteiger partial charge in [0.15, 0.2) is 11.5 Å². The lowest BCUT2D eigenvalue weighted by Crippen LogP contribution is -2.31. The fraction of sp³-hybridized carbons (Fsp3) is 0.364. The molecular weight excluding hydrogens is 342 g/mol. The number of fused-ring (bicyclic) bond motifs is 1. The number of methoxy groups -OCH3 is 2. The van der Waals surface area contributed by atoms with Gasteiger partial charge in [0.2, 0.25) is 5.91 Å². The van der Waals surface area contributed by atoms with Crippen LogP contribution in [0.2, 0.25) is 0 Å². The number of aldehydes is 1. The molecule has 0 aromatic heterocycles. The molecule has 142 valence electrons. The zero-order valence-corrected chi connectivity index (χ0v) is 15.8. The number of hydrogen-bond donors (Lipinski definition) is 1. The van der Waals surface area contributed by atoms with Gasteiger partial charge in [-0.25, -0.2) is 0 Å². The number of aryl methyl sites for hydroxylation is 2. The van der Waals surface area contributed by atoms with E-state index in [1.807, 2.05) is 36.4 Å². The quantitative estimate of drug-likeness (QED) is 0.576. The van der Waals surface area contributed by atoms with Crippen molar-refractivity contribution in [2.75, 3.05) is 20.8 Å². The molecule has 0 spiro atoms. The molecule has 27 heavy (non-hydrogen) atoms. The Morgan fingerprint density at radius 3 is 2.59 bits per heavy atom. The Balaban J connectivity index is 1.60. The summed E-state index contributed by atoms with van der Waals surface area (Å²) in [5.74, 6) is 0.304. The molecule has 1 aliphatic carbocycles. The molecule has 0 fully saturated rings. The van der Waals surface area contributed by atoms with E-state index in [1.54, 1.807) is 14.2 Å². The van der Waals surface area contributed by atoms with Gasteiger partial charge < -0.3 is 19.6 Å². The molecule has 2 aromatic rings. The first kappa shape index (κ1) is 19.0. The lowest BCUT2D eigenvalue weighted by molar-refractivity contribution is -0.125. The molecule has 1 aliphatic rings. The number of carbonyl (C=O) groups is 2. The number of nitrogens with one attached hydrogen (secondary N) is 1. The maximum atomic E-state index is 12.5. The van der Waals surface area contributed by atoms with E-state index in [2.05, 4.69) is 5.32 Å². The van der Waals surface area contributed by atoms with Gasteiger partial charge >= 0.3 is 0 Å². The van der Waals surface area contributed by atoms with Crippen LogP contribution >= 0.6 is 0 Å². The van der Waals surface area contributed by atoms with Crippen molar-refractivity contribution in [1.82, 2.24) is 5.32 Å². The summed E-state index contributed by atoms with van der Waals surface area (Å²) in [5.41, 5.74) is 4.39. The van der Waals surface area contributed by atoms with Crippen LogP contribution in [0.1, 0.15) is 34.6 Å². The van der Waals surface area contributed by atoms with Crippen molar-refractivity contribution in [3.63, 3.8) is 0 Å². The second-order valence-corrected chi connectivity index (χ2v) is 6.73. The molecular formula is C22H25NO4. The van der Waals surface area contributed by atoms with Crippen molar-refractivity contribution in [1.29, 1.82) is 0 Å². The average molecular weight is 367 g/mol. The second-order valence-electron chi connectivity index (χ2n) is 6.73. The number of carbonyl (C=O) groups excluding carboxylic acids is 2. The number of hydrogen-bond acceptors (Lipinski definition) is 4. The van der Waals surface area contributed by atoms with Gasteiger partial charge in [-0.1, -0.05) is 24.3 Å². The van der Waals surface area contributed by atoms with Crippen LogP contribution in [0.5, 0.6) is 11.5 Å². The van der Waals surface area contributed by atoms with Crippen molar-refractivity contribution in [3.05, 3.63) is 58.7 Å². The smallest absolute Gasteiger partial charge is 0.234 e. The van der Waals surface area contributed by atoms with Crippen LogP contribution in [0, 0.1) is 0 Å². The number of ether oxygens (including phenoxy) is 2. The van der Waals surface area contributed by atoms with Gasteiger partial charge in [0.25, 0.3) is 0 Å². The van der Waals surface area contributed by atoms with Crippen LogP contribution in [0.3, 0.4) is 0 Å². The minimum atomic E-state index is -0.763. The van der Waals surface area contributed by atoms with Gasteiger partial charge in [-0.3, -0.25) is 4.79 Å². The van der Waals surface area contributed by atoms with Gasteiger partial charge in [-0.05, 0) is 60.1 Å². The van der Waals surface area contributed by atoms with Crippen LogP contribution in [-0.4, -0.2) is 33.0 Å². The molecule has 0 radical (unpaired) electrons. The molecule has 5 heteroatoms. The van der Waals surface area contributed by atoms with Gasteiger partial charge in [-0.2, -0.15) is 0 Å². The Kier molecular flexibility index (Phi) is 6.12. The van der Waals surface area contributed by atoms with E-state index in [1.165, 1.54) is 11.1 Å². The third-order valence-electron chi connectivity index (χ3n) is 5.06. The summed E-state index contributed by atoms with van der Waals surface area (Å²) in [6, 6.07) is 11.6. The zero-order valence-electron chi connectivity index (χ0n) is 15.8. The molecule has 1 N–H and O–H groups in total. The van der Waals surface area contributed by atoms with E-state index >= 15 is 0 Å². The lowest BCUT2D eigenvalue weighted by atomic mass is 9.96. The van der Waals surface area contributed by atoms with Crippen LogP contribution in [0.4, 0.5) is 0 Å². The summed E-state index contributed by atoms with van der Waals surface area (Å²) in [6.07, 6.45) is 4.61. The first-order valence-corrected chi connectivity index (χ1v) is 9.22. The van der Waals surface area contributed by atoms with Crippen LogP contribution in [-0.2, 0) is 28.9 Å². The highest BCUT2D eigenvalue weighted by atomic mass is 16.5. The predicted octanol–water partition coefficient (Wildman–Crippen LogP) is 2.83. The first-order chi connectivity index (χ1) is 13.2. The average Bonchev–Trinajstić information content (AvgIpc) is 3.16. The van der Waals surface area contributed by atoms with E-state index in [9.17, 15) is 9.59 Å². The maximum absolute atomic E-state index is 12.5. The van der Waals surface area contributed by atoms with Crippen molar-refractivity contribution in [3.8, 4) is 11.5 Å². The fourth-order valence-corrected chi connectivity index (χ4v) is 3.55. The Labute approximate surface area is 159 Å². The molecule has 1 unspecified atom stereocenters. The molecule has 1 amide bonds. The Morgan fingerprint density at radius 2 is 1.85 bits per heavy atom. The summed E-state index contributed by atoms with van der Waals surface area (Å²) in [5, 5.41) is 2.87. The van der Waals surface area contributed by atoms with E-state index in [0.29, 0.717) is 24.5 Å². The Bertz CT molecular complexity index is 831. The van der Waals surface area contributed by atoms with Gasteiger partial charge in [0, 0.05) is 6.54 Å². The molecule has 1 atom stereocenters. The molecule has 0 saturated carbocycles. The normalized spacial score (nSPS) is 13.6. The van der Waals surface area contributed by atoms with E-state index in [-0.39, 0.29) is 5.91 Å². The zero-order chi connectivity index (χ0) is 19.2. The summed E-state index contributed by atoms with van der Waals surface area (Å²) in [7, 11) is 3.19. The van der Waals surface area contributed by atoms with Crippen molar-refractivity contribution in [2.24, 2.45) is 0 Å². The molecule has 2 aromatic carbocycles. The van der Waals surface area contributed by atoms with E-state index < -0.39 is 5.92 Å². The summed E-state index contributed by atoms with van der Waals surface area (Å²) in [4.78, 5) is 24.0. The number of amides is 1. The van der Waals surface area contributed by atoms with Gasteiger partial charge in [0.05, 0.1) is 14.2 Å². The Hall–Kier alpha value is -2.82. The lowest BCUT2D eigenvalue weighted by Gasteiger charge is -2.14. The molecule has 0 bridgehead atoms. The summed E-state index contributed by atoms with van der Waals surface area (Å²) in [6.45, 7) is 0.448. The first-order valence-electron chi connectivity index (χ1n) is 9.22. The molecule has 3 rings (SSSR count). The van der Waals surface area contributed by atoms with Gasteiger partial charge in [0.1, 0.15) is 12.2 Å². The van der Waals surface area contributed by atoms with Crippen LogP contribution in [0.15, 0.2) is 36.4 Å². The molecule has 0 aliphatic heterocycles. The van der Waals surface area contributed by atoms with Crippen molar-refractivity contribution < 1.29 is 19.1 Å². The topological polar surface area (TPSA) is 64.6 Å². The van der Waals surface area contributed by atoms with E-state index in [4.69, 9.17) is 9.47 Å². The van der Waals surface area contributed by atoms with Crippen LogP contribution in [0.25, 0.3) is 0 Å². The standard InChI is InChI=1S/C22H25NO4/c1-26-20-9-6-15(12-21(20)27-2)10-11-23-22(25)19(14-24)18-8-7-16-4-3-5-17(16)13-18/h6-9,12-14,19H,3-5,10-11H2,1-2H3,(H,23,25). The highest BCUT2D eigenvalue weighted by Crippen LogP contribution is 2.28. The molecule has 0 heterocycles. The third kappa shape index (κ3) is 4.30. The van der Waals surface area contributed by atoms with Crippen molar-refractivity contribution >= 4 is 12.2 Å². The number of benzene rings is 2. The maximum Gasteiger partial charge on any atom is 0.234 e. The number of rotatable bonds is 8. The minimum absolute atomic E-state index is 0.261. The van der Waals surface area contributed by atoms with E-state index in [0.717, 1.165) is 36.7 Å². The second kappa shape index (κ2) is 8.71. The van der Waals surface area contributed by atoms with Crippen LogP contribution < -0.4 is 14.8 Å². The third-order valence-corrected chi connectivity index (χ3v) is 5.06. The Morgan fingerprint density at radius 1 is 1.07 bits per heavy atom. The fourth-order valence-electron chi connectivity index (χ4n) is 3.55. The predicted molar refractivity (Wildman–Crippen MR) is 104 cm³/mol. The highest BCUT2D eigenvalue weighted by molar-refractivity contribution is 5.97. The summed E-state index contributed by atoms with van der Waals surface area (Å²) >= 11 is 0. The van der Waals surface area contributed by atoms with Crippen molar-refractivity contribution in [2.45, 2.75) is 31.6 Å². The summed E-state index contributed by atoms with van der Waals surface area (Å²) < 4.78 is 10.5. The SMILES string of the molecule is COc1ccc(CCNC(=O)C(C=O)c2ccc3c(c2)CCC3)cc1OC. The van der Waals surface area contributed by atoms with Gasteiger partial charge in [-0.15, -0.1) is 0 Å². The highest BCUT2D eigenvalue weighted by Gasteiger charge is 2.21.